The van der Waals surface area contributed by atoms with Crippen LogP contribution in [0.2, 0.25) is 5.02 Å². The molecule has 5 nitrogen and oxygen atoms in total. The first-order valence-corrected chi connectivity index (χ1v) is 6.96. The molecule has 0 saturated carbocycles. The summed E-state index contributed by atoms with van der Waals surface area (Å²) in [4.78, 5) is 12.9. The maximum absolute atomic E-state index is 10.8. The molecule has 6 heteroatoms. The van der Waals surface area contributed by atoms with Crippen LogP contribution in [0.3, 0.4) is 0 Å². The molecule has 0 aliphatic carbocycles. The molecule has 0 aliphatic heterocycles. The molecule has 1 rings (SSSR count). The Morgan fingerprint density at radius 2 is 2.16 bits per heavy atom. The van der Waals surface area contributed by atoms with Gasteiger partial charge >= 0.3 is 5.97 Å². The second kappa shape index (κ2) is 6.91. The van der Waals surface area contributed by atoms with E-state index in [4.69, 9.17) is 16.7 Å². The molecular formula is C13H22ClN3O2. The number of aryl methyl sites for hydroxylation is 2. The third-order valence-corrected chi connectivity index (χ3v) is 3.80. The van der Waals surface area contributed by atoms with E-state index in [1.54, 1.807) is 0 Å². The van der Waals surface area contributed by atoms with Gasteiger partial charge in [0.1, 0.15) is 0 Å². The number of carboxylic acid groups (broad SMARTS) is 1. The zero-order valence-corrected chi connectivity index (χ0v) is 12.7. The van der Waals surface area contributed by atoms with Gasteiger partial charge in [-0.15, -0.1) is 0 Å². The first-order chi connectivity index (χ1) is 8.90. The normalized spacial score (nSPS) is 12.9. The van der Waals surface area contributed by atoms with Crippen LogP contribution in [0.25, 0.3) is 0 Å². The number of halogens is 1. The summed E-state index contributed by atoms with van der Waals surface area (Å²) in [6, 6.07) is -0.0286. The SMILES string of the molecule is CCN(Cc1c(Cl)c(C)nn1CC)C(C)CC(=O)O. The summed E-state index contributed by atoms with van der Waals surface area (Å²) in [5.41, 5.74) is 1.78. The predicted octanol–water partition coefficient (Wildman–Crippen LogP) is 2.55. The van der Waals surface area contributed by atoms with E-state index >= 15 is 0 Å². The van der Waals surface area contributed by atoms with E-state index in [-0.39, 0.29) is 12.5 Å². The maximum Gasteiger partial charge on any atom is 0.304 e. The molecule has 1 unspecified atom stereocenters. The van der Waals surface area contributed by atoms with E-state index < -0.39 is 5.97 Å². The van der Waals surface area contributed by atoms with Crippen molar-refractivity contribution in [1.82, 2.24) is 14.7 Å². The van der Waals surface area contributed by atoms with Gasteiger partial charge in [0.25, 0.3) is 0 Å². The molecule has 1 aromatic rings. The Morgan fingerprint density at radius 3 is 2.63 bits per heavy atom. The van der Waals surface area contributed by atoms with Gasteiger partial charge in [-0.2, -0.15) is 5.10 Å². The van der Waals surface area contributed by atoms with E-state index in [0.29, 0.717) is 11.6 Å². The third kappa shape index (κ3) is 3.94. The van der Waals surface area contributed by atoms with Crippen LogP contribution >= 0.6 is 11.6 Å². The summed E-state index contributed by atoms with van der Waals surface area (Å²) in [6.45, 7) is 10.00. The Kier molecular flexibility index (Phi) is 5.82. The molecule has 1 N–H and O–H groups in total. The second-order valence-electron chi connectivity index (χ2n) is 4.67. The van der Waals surface area contributed by atoms with Crippen LogP contribution < -0.4 is 0 Å². The number of aromatic nitrogens is 2. The van der Waals surface area contributed by atoms with Crippen molar-refractivity contribution in [3.8, 4) is 0 Å². The van der Waals surface area contributed by atoms with Crippen molar-refractivity contribution in [3.63, 3.8) is 0 Å². The van der Waals surface area contributed by atoms with Gasteiger partial charge in [0.2, 0.25) is 0 Å². The maximum atomic E-state index is 10.8. The van der Waals surface area contributed by atoms with Crippen molar-refractivity contribution in [2.75, 3.05) is 6.54 Å². The number of hydrogen-bond donors (Lipinski definition) is 1. The molecule has 0 bridgehead atoms. The molecule has 108 valence electrons. The minimum absolute atomic E-state index is 0.0286. The topological polar surface area (TPSA) is 58.4 Å². The first kappa shape index (κ1) is 16.0. The van der Waals surface area contributed by atoms with Gasteiger partial charge in [0, 0.05) is 19.1 Å². The molecule has 1 atom stereocenters. The first-order valence-electron chi connectivity index (χ1n) is 6.58. The van der Waals surface area contributed by atoms with Gasteiger partial charge in [-0.1, -0.05) is 18.5 Å². The molecule has 0 spiro atoms. The largest absolute Gasteiger partial charge is 0.481 e. The average molecular weight is 288 g/mol. The van der Waals surface area contributed by atoms with Crippen LogP contribution in [0.5, 0.6) is 0 Å². The lowest BCUT2D eigenvalue weighted by molar-refractivity contribution is -0.138. The number of rotatable bonds is 7. The summed E-state index contributed by atoms with van der Waals surface area (Å²) in [6.07, 6.45) is 0.130. The van der Waals surface area contributed by atoms with Crippen LogP contribution in [-0.4, -0.2) is 38.3 Å². The lowest BCUT2D eigenvalue weighted by atomic mass is 10.2. The highest BCUT2D eigenvalue weighted by molar-refractivity contribution is 6.31. The number of aliphatic carboxylic acids is 1. The molecule has 1 heterocycles. The number of carbonyl (C=O) groups is 1. The zero-order chi connectivity index (χ0) is 14.6. The van der Waals surface area contributed by atoms with Gasteiger partial charge in [-0.25, -0.2) is 0 Å². The highest BCUT2D eigenvalue weighted by atomic mass is 35.5. The Morgan fingerprint density at radius 1 is 1.53 bits per heavy atom. The Balaban J connectivity index is 2.89. The van der Waals surface area contributed by atoms with E-state index in [0.717, 1.165) is 24.5 Å². The molecule has 1 aromatic heterocycles. The van der Waals surface area contributed by atoms with Gasteiger partial charge < -0.3 is 5.11 Å². The van der Waals surface area contributed by atoms with Crippen LogP contribution in [-0.2, 0) is 17.9 Å². The van der Waals surface area contributed by atoms with E-state index in [9.17, 15) is 4.79 Å². The predicted molar refractivity (Wildman–Crippen MR) is 75.4 cm³/mol. The quantitative estimate of drug-likeness (QED) is 0.837. The monoisotopic (exact) mass is 287 g/mol. The lowest BCUT2D eigenvalue weighted by Gasteiger charge is -2.27. The van der Waals surface area contributed by atoms with Crippen LogP contribution in [0.1, 0.15) is 38.6 Å². The summed E-state index contributed by atoms with van der Waals surface area (Å²) in [5.74, 6) is -0.780. The Bertz CT molecular complexity index is 445. The molecular weight excluding hydrogens is 266 g/mol. The number of hydrogen-bond acceptors (Lipinski definition) is 3. The van der Waals surface area contributed by atoms with Gasteiger partial charge in [0.05, 0.1) is 22.8 Å². The molecule has 19 heavy (non-hydrogen) atoms. The van der Waals surface area contributed by atoms with E-state index in [1.165, 1.54) is 0 Å². The number of carboxylic acids is 1. The summed E-state index contributed by atoms with van der Waals surface area (Å²) >= 11 is 6.28. The van der Waals surface area contributed by atoms with Crippen LogP contribution in [0.4, 0.5) is 0 Å². The Hall–Kier alpha value is -1.07. The smallest absolute Gasteiger partial charge is 0.304 e. The summed E-state index contributed by atoms with van der Waals surface area (Å²) in [5, 5.41) is 13.9. The minimum atomic E-state index is -0.780. The molecule has 0 saturated heterocycles. The lowest BCUT2D eigenvalue weighted by Crippen LogP contribution is -2.34. The van der Waals surface area contributed by atoms with Crippen molar-refractivity contribution in [3.05, 3.63) is 16.4 Å². The summed E-state index contributed by atoms with van der Waals surface area (Å²) in [7, 11) is 0. The minimum Gasteiger partial charge on any atom is -0.481 e. The standard InChI is InChI=1S/C13H22ClN3O2/c1-5-16(9(3)7-12(18)19)8-11-13(14)10(4)15-17(11)6-2/h9H,5-8H2,1-4H3,(H,18,19). The van der Waals surface area contributed by atoms with Crippen LogP contribution in [0.15, 0.2) is 0 Å². The van der Waals surface area contributed by atoms with E-state index in [1.807, 2.05) is 32.4 Å². The summed E-state index contributed by atoms with van der Waals surface area (Å²) < 4.78 is 1.88. The third-order valence-electron chi connectivity index (χ3n) is 3.31. The Labute approximate surface area is 119 Å². The fourth-order valence-corrected chi connectivity index (χ4v) is 2.37. The highest BCUT2D eigenvalue weighted by Gasteiger charge is 2.20. The van der Waals surface area contributed by atoms with Crippen molar-refractivity contribution >= 4 is 17.6 Å². The molecule has 0 aliphatic rings. The van der Waals surface area contributed by atoms with Gasteiger partial charge in [-0.05, 0) is 27.3 Å². The molecule has 0 radical (unpaired) electrons. The van der Waals surface area contributed by atoms with Crippen molar-refractivity contribution in [2.45, 2.75) is 53.2 Å². The highest BCUT2D eigenvalue weighted by Crippen LogP contribution is 2.22. The van der Waals surface area contributed by atoms with Gasteiger partial charge in [0.15, 0.2) is 0 Å². The fourth-order valence-electron chi connectivity index (χ4n) is 2.17. The molecule has 0 aromatic carbocycles. The molecule has 0 amide bonds. The fraction of sp³-hybridized carbons (Fsp3) is 0.692. The molecule has 0 fully saturated rings. The van der Waals surface area contributed by atoms with Gasteiger partial charge in [-0.3, -0.25) is 14.4 Å². The zero-order valence-electron chi connectivity index (χ0n) is 12.0. The van der Waals surface area contributed by atoms with Crippen molar-refractivity contribution < 1.29 is 9.90 Å². The van der Waals surface area contributed by atoms with E-state index in [2.05, 4.69) is 10.00 Å². The van der Waals surface area contributed by atoms with Crippen molar-refractivity contribution in [2.24, 2.45) is 0 Å². The average Bonchev–Trinajstić information content (AvgIpc) is 2.61. The second-order valence-corrected chi connectivity index (χ2v) is 5.05. The number of nitrogens with zero attached hydrogens (tertiary/aromatic N) is 3. The van der Waals surface area contributed by atoms with Crippen molar-refractivity contribution in [1.29, 1.82) is 0 Å². The van der Waals surface area contributed by atoms with Crippen LogP contribution in [0, 0.1) is 6.92 Å².